The fraction of sp³-hybridized carbons (Fsp3) is 0.371. The summed E-state index contributed by atoms with van der Waals surface area (Å²) in [5, 5.41) is 9.88. The van der Waals surface area contributed by atoms with E-state index in [9.17, 15) is 19.2 Å². The number of benzene rings is 2. The highest BCUT2D eigenvalue weighted by atomic mass is 32.1. The van der Waals surface area contributed by atoms with Crippen LogP contribution in [0.5, 0.6) is 11.5 Å². The van der Waals surface area contributed by atoms with E-state index < -0.39 is 5.97 Å². The molecule has 2 aromatic heterocycles. The molecular formula is C35H41N5O7S. The molecule has 0 unspecified atom stereocenters. The molecule has 0 spiro atoms. The summed E-state index contributed by atoms with van der Waals surface area (Å²) in [4.78, 5) is 53.2. The lowest BCUT2D eigenvalue weighted by molar-refractivity contribution is -0.116. The van der Waals surface area contributed by atoms with Crippen molar-refractivity contribution in [3.05, 3.63) is 64.8 Å². The van der Waals surface area contributed by atoms with Gasteiger partial charge in [-0.3, -0.25) is 14.4 Å². The number of rotatable bonds is 14. The highest BCUT2D eigenvalue weighted by Crippen LogP contribution is 2.35. The number of hydrogen-bond acceptors (Lipinski definition) is 9. The molecule has 254 valence electrons. The van der Waals surface area contributed by atoms with Crippen LogP contribution in [0, 0.1) is 0 Å². The van der Waals surface area contributed by atoms with E-state index in [-0.39, 0.29) is 30.7 Å². The van der Waals surface area contributed by atoms with Gasteiger partial charge in [0.2, 0.25) is 5.91 Å². The van der Waals surface area contributed by atoms with Crippen molar-refractivity contribution < 1.29 is 33.4 Å². The molecule has 48 heavy (non-hydrogen) atoms. The molecule has 0 bridgehead atoms. The lowest BCUT2D eigenvalue weighted by atomic mass is 10.1. The van der Waals surface area contributed by atoms with Gasteiger partial charge in [0.05, 0.1) is 37.8 Å². The summed E-state index contributed by atoms with van der Waals surface area (Å²) in [5.74, 6) is -0.0329. The van der Waals surface area contributed by atoms with E-state index in [4.69, 9.17) is 14.2 Å². The second kappa shape index (κ2) is 15.7. The number of aromatic nitrogens is 1. The van der Waals surface area contributed by atoms with Crippen molar-refractivity contribution >= 4 is 62.2 Å². The van der Waals surface area contributed by atoms with E-state index >= 15 is 0 Å². The van der Waals surface area contributed by atoms with E-state index in [1.807, 2.05) is 11.0 Å². The minimum absolute atomic E-state index is 0.0235. The van der Waals surface area contributed by atoms with Crippen molar-refractivity contribution in [2.24, 2.45) is 7.05 Å². The molecule has 0 radical (unpaired) electrons. The predicted molar refractivity (Wildman–Crippen MR) is 187 cm³/mol. The molecule has 4 aromatic rings. The quantitative estimate of drug-likeness (QED) is 0.107. The average molecular weight is 676 g/mol. The number of carbonyl (C=O) groups is 4. The standard InChI is InChI=1S/C35H41N5O7S/c1-5-6-7-13-40-14-12-36-26-20-29(28(45-3)19-25(26)34(40)43)47-15-8-9-32(41)37-24-18-27(39(2)21-24)33(42)38-23-10-11-30-22(16-23)17-31(48-30)35(44)46-4/h10-11,16-21,36H,5-9,12-15H2,1-4H3,(H,37,41)(H,38,42). The number of nitrogens with one attached hydrogen (secondary N) is 3. The normalized spacial score (nSPS) is 12.6. The lowest BCUT2D eigenvalue weighted by Crippen LogP contribution is -2.33. The molecule has 0 atom stereocenters. The number of hydrogen-bond donors (Lipinski definition) is 3. The molecule has 13 heteroatoms. The maximum absolute atomic E-state index is 13.2. The molecule has 12 nitrogen and oxygen atoms in total. The average Bonchev–Trinajstić information content (AvgIpc) is 3.63. The molecule has 3 amide bonds. The van der Waals surface area contributed by atoms with Crippen LogP contribution < -0.4 is 25.4 Å². The van der Waals surface area contributed by atoms with Crippen LogP contribution in [0.25, 0.3) is 10.1 Å². The molecule has 1 aliphatic rings. The molecule has 0 aliphatic carbocycles. The van der Waals surface area contributed by atoms with Gasteiger partial charge in [0.25, 0.3) is 11.8 Å². The zero-order chi connectivity index (χ0) is 34.2. The van der Waals surface area contributed by atoms with Gasteiger partial charge in [-0.1, -0.05) is 19.8 Å². The van der Waals surface area contributed by atoms with Crippen molar-refractivity contribution in [1.82, 2.24) is 9.47 Å². The second-order valence-electron chi connectivity index (χ2n) is 11.5. The van der Waals surface area contributed by atoms with Crippen LogP contribution in [0.15, 0.2) is 48.7 Å². The predicted octanol–water partition coefficient (Wildman–Crippen LogP) is 6.14. The van der Waals surface area contributed by atoms with Crippen LogP contribution in [0.1, 0.15) is 69.5 Å². The second-order valence-corrected chi connectivity index (χ2v) is 12.6. The van der Waals surface area contributed by atoms with Crippen LogP contribution in [-0.4, -0.2) is 73.6 Å². The molecule has 0 saturated heterocycles. The van der Waals surface area contributed by atoms with Gasteiger partial charge in [0.1, 0.15) is 10.6 Å². The van der Waals surface area contributed by atoms with E-state index in [0.717, 1.165) is 35.9 Å². The third-order valence-corrected chi connectivity index (χ3v) is 9.13. The lowest BCUT2D eigenvalue weighted by Gasteiger charge is -2.20. The number of amides is 3. The Balaban J connectivity index is 1.13. The highest BCUT2D eigenvalue weighted by Gasteiger charge is 2.25. The fourth-order valence-electron chi connectivity index (χ4n) is 5.53. The van der Waals surface area contributed by atoms with Crippen LogP contribution in [0.3, 0.4) is 0 Å². The van der Waals surface area contributed by atoms with Crippen molar-refractivity contribution in [3.63, 3.8) is 0 Å². The monoisotopic (exact) mass is 675 g/mol. The van der Waals surface area contributed by atoms with Crippen LogP contribution >= 0.6 is 11.3 Å². The third kappa shape index (κ3) is 8.08. The van der Waals surface area contributed by atoms with Gasteiger partial charge in [-0.2, -0.15) is 0 Å². The van der Waals surface area contributed by atoms with Gasteiger partial charge in [-0.05, 0) is 54.6 Å². The number of methoxy groups -OCH3 is 2. The maximum Gasteiger partial charge on any atom is 0.348 e. The molecule has 5 rings (SSSR count). The Kier molecular flexibility index (Phi) is 11.2. The first-order valence-corrected chi connectivity index (χ1v) is 16.8. The topological polar surface area (TPSA) is 140 Å². The molecule has 2 aromatic carbocycles. The number of esters is 1. The smallest absolute Gasteiger partial charge is 0.348 e. The number of ether oxygens (including phenoxy) is 3. The van der Waals surface area contributed by atoms with Crippen LogP contribution in [0.4, 0.5) is 17.1 Å². The van der Waals surface area contributed by atoms with Gasteiger partial charge < -0.3 is 39.6 Å². The van der Waals surface area contributed by atoms with Crippen molar-refractivity contribution in [3.8, 4) is 11.5 Å². The Morgan fingerprint density at radius 3 is 2.58 bits per heavy atom. The van der Waals surface area contributed by atoms with Crippen LogP contribution in [0.2, 0.25) is 0 Å². The number of thiophene rings is 1. The van der Waals surface area contributed by atoms with Crippen molar-refractivity contribution in [2.75, 3.05) is 56.4 Å². The van der Waals surface area contributed by atoms with E-state index in [1.165, 1.54) is 25.6 Å². The maximum atomic E-state index is 13.2. The summed E-state index contributed by atoms with van der Waals surface area (Å²) >= 11 is 1.32. The van der Waals surface area contributed by atoms with Gasteiger partial charge in [0.15, 0.2) is 11.5 Å². The summed E-state index contributed by atoms with van der Waals surface area (Å²) in [5.41, 5.74) is 2.69. The molecule has 3 N–H and O–H groups in total. The molecule has 1 aliphatic heterocycles. The first-order chi connectivity index (χ1) is 23.2. The van der Waals surface area contributed by atoms with Crippen molar-refractivity contribution in [2.45, 2.75) is 39.0 Å². The Morgan fingerprint density at radius 2 is 1.81 bits per heavy atom. The third-order valence-electron chi connectivity index (χ3n) is 8.04. The summed E-state index contributed by atoms with van der Waals surface area (Å²) in [7, 11) is 4.60. The summed E-state index contributed by atoms with van der Waals surface area (Å²) < 4.78 is 18.9. The zero-order valence-corrected chi connectivity index (χ0v) is 28.5. The first-order valence-electron chi connectivity index (χ1n) is 16.0. The number of unbranched alkanes of at least 4 members (excludes halogenated alkanes) is 2. The van der Waals surface area contributed by atoms with Crippen molar-refractivity contribution in [1.29, 1.82) is 0 Å². The SMILES string of the molecule is CCCCCN1CCNc2cc(OCCCC(=O)Nc3cc(C(=O)Nc4ccc5sc(C(=O)OC)cc5c4)n(C)c3)c(OC)cc2C1=O. The summed E-state index contributed by atoms with van der Waals surface area (Å²) in [6, 6.07) is 12.3. The molecule has 3 heterocycles. The Morgan fingerprint density at radius 1 is 0.979 bits per heavy atom. The summed E-state index contributed by atoms with van der Waals surface area (Å²) in [6.07, 6.45) is 5.46. The number of nitrogens with zero attached hydrogens (tertiary/aromatic N) is 2. The summed E-state index contributed by atoms with van der Waals surface area (Å²) in [6.45, 7) is 4.40. The van der Waals surface area contributed by atoms with Crippen LogP contribution in [-0.2, 0) is 16.6 Å². The highest BCUT2D eigenvalue weighted by molar-refractivity contribution is 7.20. The van der Waals surface area contributed by atoms with E-state index in [2.05, 4.69) is 22.9 Å². The number of carbonyl (C=O) groups excluding carboxylic acids is 4. The van der Waals surface area contributed by atoms with Gasteiger partial charge in [-0.25, -0.2) is 4.79 Å². The Labute approximate surface area is 283 Å². The number of fused-ring (bicyclic) bond motifs is 2. The fourth-order valence-corrected chi connectivity index (χ4v) is 6.49. The number of aryl methyl sites for hydroxylation is 1. The van der Waals surface area contributed by atoms with E-state index in [0.29, 0.717) is 64.2 Å². The van der Waals surface area contributed by atoms with Gasteiger partial charge in [0, 0.05) is 55.8 Å². The van der Waals surface area contributed by atoms with E-state index in [1.54, 1.807) is 54.2 Å². The Bertz CT molecular complexity index is 1810. The molecule has 0 fully saturated rings. The minimum Gasteiger partial charge on any atom is -0.493 e. The molecular weight excluding hydrogens is 634 g/mol. The first kappa shape index (κ1) is 34.3. The zero-order valence-electron chi connectivity index (χ0n) is 27.6. The Hall–Kier alpha value is -5.04. The van der Waals surface area contributed by atoms with Gasteiger partial charge >= 0.3 is 5.97 Å². The largest absolute Gasteiger partial charge is 0.493 e. The minimum atomic E-state index is -0.404. The molecule has 0 saturated carbocycles. The number of anilines is 3. The van der Waals surface area contributed by atoms with Gasteiger partial charge in [-0.15, -0.1) is 11.3 Å².